The van der Waals surface area contributed by atoms with Gasteiger partial charge in [-0.25, -0.2) is 12.1 Å². The van der Waals surface area contributed by atoms with E-state index in [2.05, 4.69) is 53.3 Å². The molecule has 1 aromatic rings. The summed E-state index contributed by atoms with van der Waals surface area (Å²) >= 11 is 0. The van der Waals surface area contributed by atoms with Crippen molar-refractivity contribution in [2.45, 2.75) is 33.9 Å². The predicted molar refractivity (Wildman–Crippen MR) is 100 cm³/mol. The normalized spacial score (nSPS) is 8.24. The number of rotatable bonds is 4. The Balaban J connectivity index is -0.0000000973. The van der Waals surface area contributed by atoms with Crippen LogP contribution in [0.1, 0.15) is 20.8 Å². The Morgan fingerprint density at radius 1 is 0.762 bits per heavy atom. The van der Waals surface area contributed by atoms with Gasteiger partial charge in [0.25, 0.3) is 0 Å². The third-order valence-electron chi connectivity index (χ3n) is 2.30. The SMILES string of the molecule is CC[N-]C.CC[N-]C.CC[N-]C.C[SiH](C)[c-]1cccc1.[Zr+4]. The summed E-state index contributed by atoms with van der Waals surface area (Å²) in [7, 11) is 4.94. The maximum atomic E-state index is 3.74. The molecule has 0 spiro atoms. The van der Waals surface area contributed by atoms with Crippen LogP contribution in [-0.4, -0.2) is 49.6 Å². The van der Waals surface area contributed by atoms with Crippen LogP contribution in [0.2, 0.25) is 13.1 Å². The number of hydrogen-bond donors (Lipinski definition) is 0. The molecule has 1 aromatic carbocycles. The maximum absolute atomic E-state index is 3.74. The molecule has 0 saturated heterocycles. The van der Waals surface area contributed by atoms with Crippen molar-refractivity contribution in [3.63, 3.8) is 0 Å². The smallest absolute Gasteiger partial charge is 0.665 e. The molecule has 0 atom stereocenters. The van der Waals surface area contributed by atoms with Crippen LogP contribution in [0, 0.1) is 0 Å². The Labute approximate surface area is 154 Å². The monoisotopic (exact) mass is 387 g/mol. The average molecular weight is 389 g/mol. The van der Waals surface area contributed by atoms with Gasteiger partial charge >= 0.3 is 26.2 Å². The van der Waals surface area contributed by atoms with Gasteiger partial charge in [0.05, 0.1) is 0 Å². The van der Waals surface area contributed by atoms with E-state index in [9.17, 15) is 0 Å². The van der Waals surface area contributed by atoms with Gasteiger partial charge in [-0.05, 0) is 0 Å². The van der Waals surface area contributed by atoms with Crippen molar-refractivity contribution >= 4 is 14.0 Å². The first kappa shape index (κ1) is 29.4. The fourth-order valence-electron chi connectivity index (χ4n) is 0.774. The van der Waals surface area contributed by atoms with Gasteiger partial charge in [-0.3, -0.25) is 0 Å². The Morgan fingerprint density at radius 2 is 1.00 bits per heavy atom. The molecule has 0 unspecified atom stereocenters. The summed E-state index contributed by atoms with van der Waals surface area (Å²) in [6.07, 6.45) is 0. The molecule has 0 radical (unpaired) electrons. The molecule has 0 aliphatic carbocycles. The minimum absolute atomic E-state index is 0. The van der Waals surface area contributed by atoms with E-state index in [0.717, 1.165) is 19.6 Å². The van der Waals surface area contributed by atoms with E-state index < -0.39 is 8.80 Å². The van der Waals surface area contributed by atoms with Crippen molar-refractivity contribution in [3.8, 4) is 0 Å². The van der Waals surface area contributed by atoms with Crippen molar-refractivity contribution in [2.75, 3.05) is 40.8 Å². The first-order valence-corrected chi connectivity index (χ1v) is 10.3. The molecule has 0 fully saturated rings. The quantitative estimate of drug-likeness (QED) is 0.550. The van der Waals surface area contributed by atoms with Gasteiger partial charge in [-0.15, -0.1) is 0 Å². The zero-order chi connectivity index (χ0) is 16.2. The summed E-state index contributed by atoms with van der Waals surface area (Å²) in [6.45, 7) is 13.6. The summed E-state index contributed by atoms with van der Waals surface area (Å²) in [5.74, 6) is 0. The first-order chi connectivity index (χ1) is 9.55. The third-order valence-corrected chi connectivity index (χ3v) is 4.02. The van der Waals surface area contributed by atoms with Crippen LogP contribution in [0.25, 0.3) is 16.0 Å². The van der Waals surface area contributed by atoms with Crippen LogP contribution in [0.15, 0.2) is 24.3 Å². The van der Waals surface area contributed by atoms with Crippen LogP contribution in [0.4, 0.5) is 0 Å². The average Bonchev–Trinajstić information content (AvgIpc) is 3.02. The molecule has 122 valence electrons. The minimum atomic E-state index is -0.480. The van der Waals surface area contributed by atoms with Crippen molar-refractivity contribution < 1.29 is 26.2 Å². The van der Waals surface area contributed by atoms with E-state index in [0.29, 0.717) is 0 Å². The summed E-state index contributed by atoms with van der Waals surface area (Å²) in [4.78, 5) is 0. The Kier molecular flexibility index (Phi) is 39.8. The summed E-state index contributed by atoms with van der Waals surface area (Å²) < 4.78 is 0. The van der Waals surface area contributed by atoms with Gasteiger partial charge in [0.1, 0.15) is 0 Å². The van der Waals surface area contributed by atoms with E-state index >= 15 is 0 Å². The first-order valence-electron chi connectivity index (χ1n) is 7.43. The topological polar surface area (TPSA) is 42.3 Å². The second-order valence-electron chi connectivity index (χ2n) is 4.27. The van der Waals surface area contributed by atoms with Crippen molar-refractivity contribution in [1.82, 2.24) is 0 Å². The summed E-state index contributed by atoms with van der Waals surface area (Å²) in [5.41, 5.74) is 0. The molecule has 0 saturated carbocycles. The van der Waals surface area contributed by atoms with Crippen LogP contribution < -0.4 is 5.19 Å². The van der Waals surface area contributed by atoms with Crippen LogP contribution in [0.5, 0.6) is 0 Å². The molecular weight excluding hydrogens is 354 g/mol. The fraction of sp³-hybridized carbons (Fsp3) is 0.688. The molecule has 21 heavy (non-hydrogen) atoms. The van der Waals surface area contributed by atoms with Gasteiger partial charge in [0.2, 0.25) is 0 Å². The molecule has 0 bridgehead atoms. The predicted octanol–water partition coefficient (Wildman–Crippen LogP) is 4.13. The largest absolute Gasteiger partial charge is 4.00 e. The molecule has 0 aromatic heterocycles. The van der Waals surface area contributed by atoms with Gasteiger partial charge in [0.15, 0.2) is 0 Å². The molecular formula is C16H35N3SiZr. The van der Waals surface area contributed by atoms with E-state index in [4.69, 9.17) is 0 Å². The summed E-state index contributed by atoms with van der Waals surface area (Å²) in [6, 6.07) is 8.67. The number of nitrogens with zero attached hydrogens (tertiary/aromatic N) is 3. The molecule has 5 heteroatoms. The van der Waals surface area contributed by atoms with E-state index in [1.807, 2.05) is 20.8 Å². The summed E-state index contributed by atoms with van der Waals surface area (Å²) in [5, 5.41) is 12.8. The van der Waals surface area contributed by atoms with Crippen LogP contribution in [-0.2, 0) is 26.2 Å². The van der Waals surface area contributed by atoms with Crippen LogP contribution in [0.3, 0.4) is 0 Å². The molecule has 0 aliphatic rings. The molecule has 3 nitrogen and oxygen atoms in total. The van der Waals surface area contributed by atoms with Crippen molar-refractivity contribution in [1.29, 1.82) is 0 Å². The molecule has 1 rings (SSSR count). The van der Waals surface area contributed by atoms with E-state index in [-0.39, 0.29) is 26.2 Å². The second-order valence-corrected chi connectivity index (χ2v) is 7.25. The Bertz CT molecular complexity index is 214. The molecule has 0 heterocycles. The van der Waals surface area contributed by atoms with Gasteiger partial charge in [-0.2, -0.15) is 58.1 Å². The van der Waals surface area contributed by atoms with Crippen molar-refractivity contribution in [2.24, 2.45) is 0 Å². The minimum Gasteiger partial charge on any atom is -0.665 e. The zero-order valence-corrected chi connectivity index (χ0v) is 19.0. The molecule has 0 aliphatic heterocycles. The Hall–Kier alpha value is 0.330. The molecule has 0 amide bonds. The standard InChI is InChI=1S/C7H11Si.3C3H8N.Zr/c1-8(2)7-5-3-4-6-7;3*1-3-4-2;/h3-6,8H,1-2H3;3*3H2,1-2H3;/q4*-1;+4. The van der Waals surface area contributed by atoms with Gasteiger partial charge < -0.3 is 16.0 Å². The van der Waals surface area contributed by atoms with Crippen LogP contribution >= 0.6 is 0 Å². The second kappa shape index (κ2) is 28.5. The van der Waals surface area contributed by atoms with E-state index in [1.54, 1.807) is 26.3 Å². The third kappa shape index (κ3) is 33.3. The number of hydrogen-bond acceptors (Lipinski definition) is 0. The van der Waals surface area contributed by atoms with Gasteiger partial charge in [0, 0.05) is 8.80 Å². The maximum Gasteiger partial charge on any atom is 4.00 e. The Morgan fingerprint density at radius 3 is 1.10 bits per heavy atom. The van der Waals surface area contributed by atoms with E-state index in [1.165, 1.54) is 0 Å². The van der Waals surface area contributed by atoms with Crippen molar-refractivity contribution in [3.05, 3.63) is 40.2 Å². The fourth-order valence-corrected chi connectivity index (χ4v) is 1.77. The zero-order valence-electron chi connectivity index (χ0n) is 15.3. The van der Waals surface area contributed by atoms with Gasteiger partial charge in [-0.1, -0.05) is 33.9 Å². The molecule has 0 N–H and O–H groups in total.